The van der Waals surface area contributed by atoms with E-state index in [1.807, 2.05) is 13.0 Å². The summed E-state index contributed by atoms with van der Waals surface area (Å²) in [4.78, 5) is 11.6. The average molecular weight is 221 g/mol. The molecule has 0 bridgehead atoms. The maximum atomic E-state index is 13.3. The van der Waals surface area contributed by atoms with Gasteiger partial charge < -0.3 is 0 Å². The van der Waals surface area contributed by atoms with Crippen LogP contribution in [0.4, 0.5) is 4.39 Å². The fourth-order valence-corrected chi connectivity index (χ4v) is 2.16. The second kappa shape index (κ2) is 3.90. The molecule has 1 heterocycles. The first-order valence-corrected chi connectivity index (χ1v) is 5.17. The number of aryl methyl sites for hydroxylation is 1. The predicted molar refractivity (Wildman–Crippen MR) is 57.6 cm³/mol. The van der Waals surface area contributed by atoms with Gasteiger partial charge in [0.05, 0.1) is 16.1 Å². The molecular weight excluding hydrogens is 213 g/mol. The van der Waals surface area contributed by atoms with E-state index in [-0.39, 0.29) is 5.56 Å². The quantitative estimate of drug-likeness (QED) is 0.729. The van der Waals surface area contributed by atoms with Gasteiger partial charge in [-0.25, -0.2) is 4.39 Å². The molecule has 1 aromatic carbocycles. The van der Waals surface area contributed by atoms with Crippen molar-refractivity contribution in [3.05, 3.63) is 41.3 Å². The van der Waals surface area contributed by atoms with E-state index < -0.39 is 5.82 Å². The van der Waals surface area contributed by atoms with Gasteiger partial charge in [-0.15, -0.1) is 0 Å². The van der Waals surface area contributed by atoms with Gasteiger partial charge >= 0.3 is 0 Å². The van der Waals surface area contributed by atoms with E-state index in [4.69, 9.17) is 0 Å². The normalized spacial score (nSPS) is 10.3. The highest BCUT2D eigenvalue weighted by molar-refractivity contribution is 7.09. The Balaban J connectivity index is 2.62. The smallest absolute Gasteiger partial charge is 0.153 e. The van der Waals surface area contributed by atoms with Crippen LogP contribution in [0, 0.1) is 12.7 Å². The number of halogens is 1. The van der Waals surface area contributed by atoms with Gasteiger partial charge in [-0.1, -0.05) is 12.1 Å². The number of rotatable bonds is 2. The largest absolute Gasteiger partial charge is 0.298 e. The molecule has 76 valence electrons. The molecule has 0 amide bonds. The van der Waals surface area contributed by atoms with Crippen molar-refractivity contribution in [3.8, 4) is 10.4 Å². The summed E-state index contributed by atoms with van der Waals surface area (Å²) in [6.07, 6.45) is 0.541. The van der Waals surface area contributed by atoms with Gasteiger partial charge in [-0.2, -0.15) is 4.37 Å². The topological polar surface area (TPSA) is 30.0 Å². The summed E-state index contributed by atoms with van der Waals surface area (Å²) in [5, 5.41) is 0. The molecule has 0 atom stereocenters. The Morgan fingerprint density at radius 3 is 2.87 bits per heavy atom. The van der Waals surface area contributed by atoms with Crippen molar-refractivity contribution < 1.29 is 9.18 Å². The predicted octanol–water partition coefficient (Wildman–Crippen LogP) is 3.07. The maximum absolute atomic E-state index is 13.3. The van der Waals surface area contributed by atoms with Crippen molar-refractivity contribution in [3.63, 3.8) is 0 Å². The summed E-state index contributed by atoms with van der Waals surface area (Å²) in [5.74, 6) is -0.492. The van der Waals surface area contributed by atoms with Crippen LogP contribution in [0.15, 0.2) is 24.3 Å². The van der Waals surface area contributed by atoms with E-state index in [9.17, 15) is 9.18 Å². The first-order chi connectivity index (χ1) is 7.22. The highest BCUT2D eigenvalue weighted by Gasteiger charge is 2.11. The fourth-order valence-electron chi connectivity index (χ4n) is 1.36. The van der Waals surface area contributed by atoms with Crippen molar-refractivity contribution in [2.45, 2.75) is 6.92 Å². The van der Waals surface area contributed by atoms with Crippen LogP contribution in [0.25, 0.3) is 10.4 Å². The van der Waals surface area contributed by atoms with Crippen molar-refractivity contribution in [2.75, 3.05) is 0 Å². The molecule has 15 heavy (non-hydrogen) atoms. The highest BCUT2D eigenvalue weighted by atomic mass is 32.1. The monoisotopic (exact) mass is 221 g/mol. The molecule has 0 unspecified atom stereocenters. The van der Waals surface area contributed by atoms with Crippen LogP contribution in [0.1, 0.15) is 16.1 Å². The number of hydrogen-bond acceptors (Lipinski definition) is 3. The average Bonchev–Trinajstić information content (AvgIpc) is 2.64. The van der Waals surface area contributed by atoms with E-state index in [1.54, 1.807) is 12.1 Å². The van der Waals surface area contributed by atoms with Crippen LogP contribution >= 0.6 is 11.5 Å². The van der Waals surface area contributed by atoms with E-state index in [0.717, 1.165) is 10.6 Å². The van der Waals surface area contributed by atoms with Gasteiger partial charge in [0.25, 0.3) is 0 Å². The summed E-state index contributed by atoms with van der Waals surface area (Å²) in [5.41, 5.74) is 1.58. The summed E-state index contributed by atoms with van der Waals surface area (Å²) < 4.78 is 17.4. The number of carbonyl (C=O) groups excluding carboxylic acids is 1. The van der Waals surface area contributed by atoms with Crippen molar-refractivity contribution in [2.24, 2.45) is 0 Å². The standard InChI is InChI=1S/C11H8FNOS/c1-7-5-11(15-13-7)8-3-2-4-10(12)9(8)6-14/h2-6H,1H3. The number of nitrogens with zero attached hydrogens (tertiary/aromatic N) is 1. The Labute approximate surface area is 90.5 Å². The maximum Gasteiger partial charge on any atom is 0.153 e. The summed E-state index contributed by atoms with van der Waals surface area (Å²) in [6.45, 7) is 1.86. The lowest BCUT2D eigenvalue weighted by atomic mass is 10.1. The molecule has 0 N–H and O–H groups in total. The van der Waals surface area contributed by atoms with Crippen LogP contribution in [-0.2, 0) is 0 Å². The lowest BCUT2D eigenvalue weighted by Gasteiger charge is -2.01. The number of aldehydes is 1. The van der Waals surface area contributed by atoms with Gasteiger partial charge in [0.2, 0.25) is 0 Å². The van der Waals surface area contributed by atoms with Crippen molar-refractivity contribution >= 4 is 17.8 Å². The number of carbonyl (C=O) groups is 1. The number of benzene rings is 1. The zero-order chi connectivity index (χ0) is 10.8. The molecule has 4 heteroatoms. The van der Waals surface area contributed by atoms with E-state index in [2.05, 4.69) is 4.37 Å². The van der Waals surface area contributed by atoms with E-state index >= 15 is 0 Å². The molecule has 0 radical (unpaired) electrons. The first-order valence-electron chi connectivity index (χ1n) is 4.40. The molecule has 0 aliphatic heterocycles. The fraction of sp³-hybridized carbons (Fsp3) is 0.0909. The van der Waals surface area contributed by atoms with E-state index in [0.29, 0.717) is 11.8 Å². The molecule has 0 spiro atoms. The second-order valence-corrected chi connectivity index (χ2v) is 3.96. The molecule has 0 aliphatic carbocycles. The molecular formula is C11H8FNOS. The highest BCUT2D eigenvalue weighted by Crippen LogP contribution is 2.28. The third-order valence-corrected chi connectivity index (χ3v) is 2.98. The van der Waals surface area contributed by atoms with Crippen LogP contribution in [0.2, 0.25) is 0 Å². The minimum absolute atomic E-state index is 0.0983. The zero-order valence-electron chi connectivity index (χ0n) is 8.03. The summed E-state index contributed by atoms with van der Waals surface area (Å²) >= 11 is 1.27. The van der Waals surface area contributed by atoms with Gasteiger partial charge in [0.15, 0.2) is 6.29 Å². The molecule has 2 aromatic rings. The molecule has 0 saturated carbocycles. The Hall–Kier alpha value is -1.55. The SMILES string of the molecule is Cc1cc(-c2cccc(F)c2C=O)sn1. The number of aromatic nitrogens is 1. The summed E-state index contributed by atoms with van der Waals surface area (Å²) in [6, 6.07) is 6.43. The van der Waals surface area contributed by atoms with Gasteiger partial charge in [-0.05, 0) is 30.6 Å². The molecule has 1 aromatic heterocycles. The number of hydrogen-bond donors (Lipinski definition) is 0. The lowest BCUT2D eigenvalue weighted by molar-refractivity contribution is 0.112. The third kappa shape index (κ3) is 1.80. The zero-order valence-corrected chi connectivity index (χ0v) is 8.84. The molecule has 0 aliphatic rings. The van der Waals surface area contributed by atoms with Crippen LogP contribution in [0.5, 0.6) is 0 Å². The molecule has 0 saturated heterocycles. The molecule has 2 rings (SSSR count). The van der Waals surface area contributed by atoms with Crippen molar-refractivity contribution in [1.29, 1.82) is 0 Å². The Morgan fingerprint density at radius 1 is 1.47 bits per heavy atom. The minimum Gasteiger partial charge on any atom is -0.298 e. The Morgan fingerprint density at radius 2 is 2.27 bits per heavy atom. The minimum atomic E-state index is -0.492. The Bertz CT molecular complexity index is 507. The molecule has 0 fully saturated rings. The Kier molecular flexibility index (Phi) is 2.60. The third-order valence-electron chi connectivity index (χ3n) is 2.06. The van der Waals surface area contributed by atoms with Crippen molar-refractivity contribution in [1.82, 2.24) is 4.37 Å². The van der Waals surface area contributed by atoms with Crippen LogP contribution < -0.4 is 0 Å². The van der Waals surface area contributed by atoms with Gasteiger partial charge in [0.1, 0.15) is 5.82 Å². The van der Waals surface area contributed by atoms with Crippen LogP contribution in [-0.4, -0.2) is 10.7 Å². The van der Waals surface area contributed by atoms with E-state index in [1.165, 1.54) is 17.6 Å². The van der Waals surface area contributed by atoms with Crippen LogP contribution in [0.3, 0.4) is 0 Å². The second-order valence-electron chi connectivity index (χ2n) is 3.15. The van der Waals surface area contributed by atoms with Gasteiger partial charge in [-0.3, -0.25) is 4.79 Å². The first kappa shape index (κ1) is 9.98. The van der Waals surface area contributed by atoms with Gasteiger partial charge in [0, 0.05) is 5.56 Å². The lowest BCUT2D eigenvalue weighted by Crippen LogP contribution is -1.90. The summed E-state index contributed by atoms with van der Waals surface area (Å²) in [7, 11) is 0. The molecule has 2 nitrogen and oxygen atoms in total.